The molecule has 0 aliphatic heterocycles. The molecular formula is C20H22O3Se. The van der Waals surface area contributed by atoms with Crippen molar-refractivity contribution < 1.29 is 14.6 Å². The Bertz CT molecular complexity index is 644. The fourth-order valence-electron chi connectivity index (χ4n) is 3.01. The number of aliphatic hydroxyl groups is 1. The summed E-state index contributed by atoms with van der Waals surface area (Å²) < 4.78 is 7.00. The van der Waals surface area contributed by atoms with Crippen LogP contribution in [0.15, 0.2) is 60.7 Å². The van der Waals surface area contributed by atoms with Gasteiger partial charge >= 0.3 is 149 Å². The molecule has 0 saturated heterocycles. The van der Waals surface area contributed by atoms with Gasteiger partial charge in [0, 0.05) is 0 Å². The number of hydrogen-bond donors (Lipinski definition) is 1. The van der Waals surface area contributed by atoms with E-state index in [4.69, 9.17) is 4.74 Å². The third-order valence-corrected chi connectivity index (χ3v) is 7.23. The zero-order valence-corrected chi connectivity index (χ0v) is 15.2. The monoisotopic (exact) mass is 390 g/mol. The summed E-state index contributed by atoms with van der Waals surface area (Å²) in [6, 6.07) is 19.9. The third kappa shape index (κ3) is 4.70. The van der Waals surface area contributed by atoms with Gasteiger partial charge in [0.25, 0.3) is 0 Å². The molecule has 3 nitrogen and oxygen atoms in total. The van der Waals surface area contributed by atoms with E-state index in [2.05, 4.69) is 12.1 Å². The molecule has 1 aliphatic rings. The first kappa shape index (κ1) is 17.2. The number of ether oxygens (including phenoxy) is 1. The second-order valence-electron chi connectivity index (χ2n) is 6.08. The first-order valence-electron chi connectivity index (χ1n) is 8.35. The molecule has 126 valence electrons. The van der Waals surface area contributed by atoms with Crippen LogP contribution in [0.5, 0.6) is 0 Å². The Morgan fingerprint density at radius 3 is 2.42 bits per heavy atom. The van der Waals surface area contributed by atoms with Crippen LogP contribution < -0.4 is 4.46 Å². The number of benzene rings is 2. The van der Waals surface area contributed by atoms with Crippen molar-refractivity contribution in [1.82, 2.24) is 0 Å². The molecule has 0 amide bonds. The third-order valence-electron chi connectivity index (χ3n) is 4.22. The van der Waals surface area contributed by atoms with E-state index in [0.29, 0.717) is 6.42 Å². The quantitative estimate of drug-likeness (QED) is 0.632. The summed E-state index contributed by atoms with van der Waals surface area (Å²) in [6.45, 7) is 0. The van der Waals surface area contributed by atoms with Crippen LogP contribution in [-0.4, -0.2) is 38.2 Å². The fourth-order valence-corrected chi connectivity index (χ4v) is 5.67. The molecule has 4 heteroatoms. The minimum absolute atomic E-state index is 0.0355. The van der Waals surface area contributed by atoms with Crippen molar-refractivity contribution in [3.8, 4) is 0 Å². The Morgan fingerprint density at radius 1 is 1.04 bits per heavy atom. The van der Waals surface area contributed by atoms with Gasteiger partial charge in [0.2, 0.25) is 0 Å². The summed E-state index contributed by atoms with van der Waals surface area (Å²) in [5.74, 6) is -0.200. The zero-order chi connectivity index (χ0) is 16.8. The molecule has 0 unspecified atom stereocenters. The molecule has 1 N–H and O–H groups in total. The van der Waals surface area contributed by atoms with E-state index in [1.165, 1.54) is 4.46 Å². The van der Waals surface area contributed by atoms with Crippen LogP contribution in [0, 0.1) is 0 Å². The van der Waals surface area contributed by atoms with E-state index in [0.717, 1.165) is 24.8 Å². The summed E-state index contributed by atoms with van der Waals surface area (Å²) >= 11 is 0.0960. The predicted molar refractivity (Wildman–Crippen MR) is 95.5 cm³/mol. The number of carbonyl (C=O) groups excluding carboxylic acids is 1. The number of hydrogen-bond acceptors (Lipinski definition) is 3. The van der Waals surface area contributed by atoms with Crippen LogP contribution in [0.25, 0.3) is 0 Å². The standard InChI is InChI=1S/C20H22O3Se/c21-17-12-7-13-18(20(17)24-16-10-5-2-6-11-16)23-19(22)14-15-8-3-1-4-9-15/h1-6,8-11,17-18,20-21H,7,12-14H2/t17-,18-,20+/m1/s1. The average Bonchev–Trinajstić information content (AvgIpc) is 2.60. The Hall–Kier alpha value is -1.61. The van der Waals surface area contributed by atoms with Gasteiger partial charge in [-0.15, -0.1) is 0 Å². The van der Waals surface area contributed by atoms with Gasteiger partial charge in [-0.2, -0.15) is 0 Å². The molecular weight excluding hydrogens is 367 g/mol. The van der Waals surface area contributed by atoms with E-state index >= 15 is 0 Å². The summed E-state index contributed by atoms with van der Waals surface area (Å²) in [5, 5.41) is 10.4. The van der Waals surface area contributed by atoms with Crippen molar-refractivity contribution in [3.63, 3.8) is 0 Å². The van der Waals surface area contributed by atoms with E-state index in [1.807, 2.05) is 48.5 Å². The second kappa shape index (κ2) is 8.48. The van der Waals surface area contributed by atoms with Gasteiger partial charge in [-0.25, -0.2) is 0 Å². The second-order valence-corrected chi connectivity index (χ2v) is 8.71. The number of aliphatic hydroxyl groups excluding tert-OH is 1. The molecule has 1 saturated carbocycles. The average molecular weight is 389 g/mol. The van der Waals surface area contributed by atoms with Crippen LogP contribution >= 0.6 is 0 Å². The fraction of sp³-hybridized carbons (Fsp3) is 0.350. The van der Waals surface area contributed by atoms with E-state index < -0.39 is 0 Å². The van der Waals surface area contributed by atoms with Gasteiger partial charge in [0.15, 0.2) is 0 Å². The molecule has 0 aromatic heterocycles. The molecule has 3 rings (SSSR count). The number of rotatable bonds is 5. The van der Waals surface area contributed by atoms with Crippen molar-refractivity contribution >= 4 is 25.4 Å². The molecule has 1 fully saturated rings. The number of carbonyl (C=O) groups is 1. The first-order valence-corrected chi connectivity index (χ1v) is 10.2. The van der Waals surface area contributed by atoms with Crippen molar-refractivity contribution in [1.29, 1.82) is 0 Å². The number of esters is 1. The molecule has 1 aliphatic carbocycles. The van der Waals surface area contributed by atoms with Gasteiger partial charge in [0.1, 0.15) is 0 Å². The van der Waals surface area contributed by atoms with Crippen molar-refractivity contribution in [3.05, 3.63) is 66.2 Å². The normalized spacial score (nSPS) is 23.6. The van der Waals surface area contributed by atoms with E-state index in [9.17, 15) is 9.90 Å². The van der Waals surface area contributed by atoms with Crippen LogP contribution in [0.1, 0.15) is 24.8 Å². The summed E-state index contributed by atoms with van der Waals surface area (Å²) in [5.41, 5.74) is 0.962. The van der Waals surface area contributed by atoms with Gasteiger partial charge in [-0.05, 0) is 0 Å². The predicted octanol–water partition coefficient (Wildman–Crippen LogP) is 2.50. The van der Waals surface area contributed by atoms with E-state index in [-0.39, 0.29) is 38.0 Å². The summed E-state index contributed by atoms with van der Waals surface area (Å²) in [6.07, 6.45) is 2.28. The maximum atomic E-state index is 12.3. The molecule has 0 radical (unpaired) electrons. The first-order chi connectivity index (χ1) is 11.7. The summed E-state index contributed by atoms with van der Waals surface area (Å²) in [7, 11) is 0. The van der Waals surface area contributed by atoms with Crippen LogP contribution in [0.3, 0.4) is 0 Å². The van der Waals surface area contributed by atoms with Crippen molar-refractivity contribution in [2.24, 2.45) is 0 Å². The van der Waals surface area contributed by atoms with Crippen LogP contribution in [-0.2, 0) is 16.0 Å². The SMILES string of the molecule is O=C(Cc1ccccc1)O[C@@H]1CCC[C@@H](O)[C@@H]1[Se]c1ccccc1. The van der Waals surface area contributed by atoms with Gasteiger partial charge < -0.3 is 0 Å². The maximum absolute atomic E-state index is 12.3. The van der Waals surface area contributed by atoms with E-state index in [1.54, 1.807) is 0 Å². The molecule has 0 spiro atoms. The topological polar surface area (TPSA) is 46.5 Å². The molecule has 0 heterocycles. The Balaban J connectivity index is 1.64. The Morgan fingerprint density at radius 2 is 1.71 bits per heavy atom. The van der Waals surface area contributed by atoms with Gasteiger partial charge in [-0.3, -0.25) is 0 Å². The molecule has 2 aromatic carbocycles. The van der Waals surface area contributed by atoms with Gasteiger partial charge in [0.05, 0.1) is 0 Å². The summed E-state index contributed by atoms with van der Waals surface area (Å²) in [4.78, 5) is 12.3. The molecule has 24 heavy (non-hydrogen) atoms. The zero-order valence-electron chi connectivity index (χ0n) is 13.5. The van der Waals surface area contributed by atoms with Crippen molar-refractivity contribution in [2.45, 2.75) is 42.7 Å². The minimum atomic E-state index is -0.381. The van der Waals surface area contributed by atoms with Gasteiger partial charge in [-0.1, -0.05) is 0 Å². The van der Waals surface area contributed by atoms with Crippen LogP contribution in [0.4, 0.5) is 0 Å². The Kier molecular flexibility index (Phi) is 6.08. The molecule has 3 atom stereocenters. The van der Waals surface area contributed by atoms with Crippen LogP contribution in [0.2, 0.25) is 4.82 Å². The van der Waals surface area contributed by atoms with Crippen molar-refractivity contribution in [2.75, 3.05) is 0 Å². The molecule has 0 bridgehead atoms. The Labute approximate surface area is 149 Å². The molecule has 2 aromatic rings.